The maximum absolute atomic E-state index is 10.5. The summed E-state index contributed by atoms with van der Waals surface area (Å²) >= 11 is 1.60. The first-order valence-corrected chi connectivity index (χ1v) is 6.72. The van der Waals surface area contributed by atoms with Gasteiger partial charge in [0, 0.05) is 18.2 Å². The van der Waals surface area contributed by atoms with E-state index in [9.17, 15) is 4.79 Å². The quantitative estimate of drug-likeness (QED) is 0.900. The average Bonchev–Trinajstić information content (AvgIpc) is 2.77. The number of nitrogens with zero attached hydrogens (tertiary/aromatic N) is 1. The number of aryl methyl sites for hydroxylation is 2. The first-order valence-electron chi connectivity index (χ1n) is 5.85. The van der Waals surface area contributed by atoms with Crippen LogP contribution >= 0.6 is 11.3 Å². The fourth-order valence-corrected chi connectivity index (χ4v) is 2.60. The molecule has 1 aromatic heterocycles. The smallest absolute Gasteiger partial charge is 0.303 e. The van der Waals surface area contributed by atoms with E-state index >= 15 is 0 Å². The summed E-state index contributed by atoms with van der Waals surface area (Å²) in [6, 6.07) is 8.25. The summed E-state index contributed by atoms with van der Waals surface area (Å²) in [7, 11) is 0. The highest BCUT2D eigenvalue weighted by atomic mass is 32.1. The normalized spacial score (nSPS) is 10.5. The molecule has 1 N–H and O–H groups in total. The summed E-state index contributed by atoms with van der Waals surface area (Å²) in [5, 5.41) is 11.6. The molecular weight excluding hydrogens is 246 g/mol. The Hall–Kier alpha value is -1.68. The molecule has 2 rings (SSSR count). The Morgan fingerprint density at radius 1 is 1.39 bits per heavy atom. The van der Waals surface area contributed by atoms with Crippen molar-refractivity contribution in [2.45, 2.75) is 26.2 Å². The third-order valence-electron chi connectivity index (χ3n) is 2.80. The van der Waals surface area contributed by atoms with E-state index in [1.54, 1.807) is 11.3 Å². The molecule has 3 nitrogen and oxygen atoms in total. The van der Waals surface area contributed by atoms with Crippen LogP contribution in [0.3, 0.4) is 0 Å². The van der Waals surface area contributed by atoms with Gasteiger partial charge in [0.25, 0.3) is 0 Å². The summed E-state index contributed by atoms with van der Waals surface area (Å²) in [5.41, 5.74) is 3.42. The first kappa shape index (κ1) is 12.8. The molecule has 0 amide bonds. The van der Waals surface area contributed by atoms with Crippen LogP contribution in [0.25, 0.3) is 0 Å². The molecule has 4 heteroatoms. The lowest BCUT2D eigenvalue weighted by Crippen LogP contribution is -1.98. The maximum Gasteiger partial charge on any atom is 0.303 e. The van der Waals surface area contributed by atoms with E-state index in [1.807, 2.05) is 17.5 Å². The van der Waals surface area contributed by atoms with E-state index in [1.165, 1.54) is 11.1 Å². The van der Waals surface area contributed by atoms with Crippen LogP contribution in [-0.2, 0) is 17.6 Å². The first-order chi connectivity index (χ1) is 8.65. The van der Waals surface area contributed by atoms with Gasteiger partial charge in [0.2, 0.25) is 0 Å². The zero-order valence-electron chi connectivity index (χ0n) is 10.2. The van der Waals surface area contributed by atoms with Crippen molar-refractivity contribution < 1.29 is 9.90 Å². The number of benzene rings is 1. The number of thiazole rings is 1. The Balaban J connectivity index is 2.02. The molecule has 2 aromatic rings. The predicted octanol–water partition coefficient (Wildman–Crippen LogP) is 3.06. The van der Waals surface area contributed by atoms with Crippen LogP contribution in [0.5, 0.6) is 0 Å². The van der Waals surface area contributed by atoms with Crippen molar-refractivity contribution in [2.24, 2.45) is 0 Å². The molecule has 18 heavy (non-hydrogen) atoms. The van der Waals surface area contributed by atoms with E-state index in [0.29, 0.717) is 6.42 Å². The van der Waals surface area contributed by atoms with Crippen molar-refractivity contribution in [2.75, 3.05) is 0 Å². The zero-order valence-corrected chi connectivity index (χ0v) is 11.0. The topological polar surface area (TPSA) is 50.2 Å². The molecule has 0 aliphatic heterocycles. The number of hydrogen-bond donors (Lipinski definition) is 1. The number of carboxylic acids is 1. The number of hydrogen-bond acceptors (Lipinski definition) is 3. The maximum atomic E-state index is 10.5. The molecule has 0 saturated heterocycles. The van der Waals surface area contributed by atoms with Gasteiger partial charge < -0.3 is 5.11 Å². The van der Waals surface area contributed by atoms with Gasteiger partial charge in [0.1, 0.15) is 0 Å². The van der Waals surface area contributed by atoms with Crippen LogP contribution in [0.1, 0.15) is 28.2 Å². The van der Waals surface area contributed by atoms with Crippen LogP contribution in [0.4, 0.5) is 0 Å². The van der Waals surface area contributed by atoms with Crippen molar-refractivity contribution in [1.82, 2.24) is 4.98 Å². The lowest BCUT2D eigenvalue weighted by Gasteiger charge is -2.02. The predicted molar refractivity (Wildman–Crippen MR) is 72.1 cm³/mol. The van der Waals surface area contributed by atoms with Crippen LogP contribution in [0.2, 0.25) is 0 Å². The Kier molecular flexibility index (Phi) is 4.10. The molecule has 0 atom stereocenters. The van der Waals surface area contributed by atoms with Crippen molar-refractivity contribution in [3.63, 3.8) is 0 Å². The lowest BCUT2D eigenvalue weighted by molar-refractivity contribution is -0.136. The summed E-state index contributed by atoms with van der Waals surface area (Å²) < 4.78 is 0. The molecule has 0 fully saturated rings. The summed E-state index contributed by atoms with van der Waals surface area (Å²) in [5.74, 6) is -0.775. The van der Waals surface area contributed by atoms with E-state index < -0.39 is 5.97 Å². The van der Waals surface area contributed by atoms with E-state index in [2.05, 4.69) is 24.0 Å². The van der Waals surface area contributed by atoms with E-state index in [0.717, 1.165) is 17.1 Å². The molecule has 0 aliphatic carbocycles. The van der Waals surface area contributed by atoms with Crippen molar-refractivity contribution in [1.29, 1.82) is 0 Å². The third-order valence-corrected chi connectivity index (χ3v) is 3.69. The Morgan fingerprint density at radius 2 is 2.17 bits per heavy atom. The molecule has 0 aliphatic rings. The molecule has 0 radical (unpaired) electrons. The summed E-state index contributed by atoms with van der Waals surface area (Å²) in [6.07, 6.45) is 1.48. The standard InChI is InChI=1S/C14H15NO2S/c1-10-4-2-3-5-11(10)8-13-15-12(9-18-13)6-7-14(16)17/h2-5,9H,6-8H2,1H3,(H,16,17). The van der Waals surface area contributed by atoms with E-state index in [-0.39, 0.29) is 6.42 Å². The lowest BCUT2D eigenvalue weighted by atomic mass is 10.1. The Bertz CT molecular complexity index is 548. The van der Waals surface area contributed by atoms with Gasteiger partial charge in [0.05, 0.1) is 17.1 Å². The molecule has 0 bridgehead atoms. The van der Waals surface area contributed by atoms with Gasteiger partial charge in [-0.2, -0.15) is 0 Å². The van der Waals surface area contributed by atoms with Crippen LogP contribution < -0.4 is 0 Å². The fraction of sp³-hybridized carbons (Fsp3) is 0.286. The molecule has 1 aromatic carbocycles. The Morgan fingerprint density at radius 3 is 2.89 bits per heavy atom. The number of aromatic nitrogens is 1. The van der Waals surface area contributed by atoms with Gasteiger partial charge in [-0.1, -0.05) is 24.3 Å². The summed E-state index contributed by atoms with van der Waals surface area (Å²) in [4.78, 5) is 15.0. The highest BCUT2D eigenvalue weighted by Gasteiger charge is 2.06. The Labute approximate surface area is 110 Å². The zero-order chi connectivity index (χ0) is 13.0. The average molecular weight is 261 g/mol. The monoisotopic (exact) mass is 261 g/mol. The molecule has 0 unspecified atom stereocenters. The molecule has 1 heterocycles. The number of carboxylic acid groups (broad SMARTS) is 1. The second-order valence-electron chi connectivity index (χ2n) is 4.23. The molecule has 0 saturated carbocycles. The third kappa shape index (κ3) is 3.40. The van der Waals surface area contributed by atoms with Crippen LogP contribution in [-0.4, -0.2) is 16.1 Å². The van der Waals surface area contributed by atoms with Gasteiger partial charge in [-0.25, -0.2) is 4.98 Å². The number of carbonyl (C=O) groups is 1. The van der Waals surface area contributed by atoms with Crippen LogP contribution in [0.15, 0.2) is 29.6 Å². The number of aliphatic carboxylic acids is 1. The minimum Gasteiger partial charge on any atom is -0.481 e. The van der Waals surface area contributed by atoms with Gasteiger partial charge >= 0.3 is 5.97 Å². The minimum atomic E-state index is -0.775. The largest absolute Gasteiger partial charge is 0.481 e. The summed E-state index contributed by atoms with van der Waals surface area (Å²) in [6.45, 7) is 2.09. The van der Waals surface area contributed by atoms with Gasteiger partial charge in [0.15, 0.2) is 0 Å². The van der Waals surface area contributed by atoms with Gasteiger partial charge in [-0.05, 0) is 18.1 Å². The number of rotatable bonds is 5. The molecular formula is C14H15NO2S. The fourth-order valence-electron chi connectivity index (χ4n) is 1.75. The van der Waals surface area contributed by atoms with Crippen LogP contribution in [0, 0.1) is 6.92 Å². The highest BCUT2D eigenvalue weighted by molar-refractivity contribution is 7.09. The molecule has 94 valence electrons. The van der Waals surface area contributed by atoms with Gasteiger partial charge in [-0.15, -0.1) is 11.3 Å². The van der Waals surface area contributed by atoms with E-state index in [4.69, 9.17) is 5.11 Å². The SMILES string of the molecule is Cc1ccccc1Cc1nc(CCC(=O)O)cs1. The second-order valence-corrected chi connectivity index (χ2v) is 5.17. The van der Waals surface area contributed by atoms with Crippen molar-refractivity contribution in [3.8, 4) is 0 Å². The highest BCUT2D eigenvalue weighted by Crippen LogP contribution is 2.17. The van der Waals surface area contributed by atoms with Crippen molar-refractivity contribution >= 4 is 17.3 Å². The second kappa shape index (κ2) is 5.78. The van der Waals surface area contributed by atoms with Gasteiger partial charge in [-0.3, -0.25) is 4.79 Å². The minimum absolute atomic E-state index is 0.146. The molecule has 0 spiro atoms. The van der Waals surface area contributed by atoms with Crippen molar-refractivity contribution in [3.05, 3.63) is 51.5 Å².